The molecule has 246 valence electrons. The normalized spacial score (nSPS) is 27.9. The maximum Gasteiger partial charge on any atom is 0.271 e. The SMILES string of the molecule is COc1cc([C@H]2C3=CC[C@@H]4C(=O)N(c5cccc([N+](=O)[O-])c5)C(=O)[C@@H]4[C@@H]3C[C@H]3C(=O)N(c4ccc(F)c(Cl)c4)C(=O)[C@@]23C)cc(I)c1O. The van der Waals surface area contributed by atoms with Gasteiger partial charge in [-0.3, -0.25) is 29.3 Å². The van der Waals surface area contributed by atoms with Crippen LogP contribution in [-0.2, 0) is 19.2 Å². The van der Waals surface area contributed by atoms with Gasteiger partial charge in [0, 0.05) is 18.1 Å². The molecule has 1 N–H and O–H groups in total. The molecule has 0 unspecified atom stereocenters. The van der Waals surface area contributed by atoms with Crippen molar-refractivity contribution in [2.45, 2.75) is 25.7 Å². The van der Waals surface area contributed by atoms with E-state index in [-0.39, 0.29) is 46.4 Å². The standard InChI is InChI=1S/C34H26ClFIN3O8/c1-34-22(31(43)39(33(34)45)17-6-9-24(36)23(35)13-17)14-21-19(28(34)15-10-25(37)29(41)26(11-15)48-2)7-8-20-27(21)32(44)38(30(20)42)16-4-3-5-18(12-16)40(46)47/h3-7,9-13,20-22,27-28,41H,8,14H2,1-2H3/t20-,21+,22-,27-,28-,34+/m0/s1. The van der Waals surface area contributed by atoms with Crippen molar-refractivity contribution in [2.24, 2.45) is 29.1 Å². The molecule has 2 aliphatic heterocycles. The van der Waals surface area contributed by atoms with Crippen molar-refractivity contribution >= 4 is 74.9 Å². The van der Waals surface area contributed by atoms with Gasteiger partial charge in [0.05, 0.1) is 55.2 Å². The number of allylic oxidation sites excluding steroid dienone is 2. The summed E-state index contributed by atoms with van der Waals surface area (Å²) in [5.74, 6) is -6.91. The molecule has 0 bridgehead atoms. The van der Waals surface area contributed by atoms with Gasteiger partial charge < -0.3 is 9.84 Å². The number of hydrogen-bond donors (Lipinski definition) is 1. The third-order valence-electron chi connectivity index (χ3n) is 10.3. The number of nitro benzene ring substituents is 1. The lowest BCUT2D eigenvalue weighted by atomic mass is 9.51. The highest BCUT2D eigenvalue weighted by atomic mass is 127. The average molecular weight is 786 g/mol. The number of methoxy groups -OCH3 is 1. The Hall–Kier alpha value is -4.37. The van der Waals surface area contributed by atoms with Gasteiger partial charge in [-0.15, -0.1) is 0 Å². The molecule has 2 saturated heterocycles. The number of non-ortho nitro benzene ring substituents is 1. The summed E-state index contributed by atoms with van der Waals surface area (Å²) in [6, 6.07) is 12.2. The molecule has 4 aliphatic rings. The first-order chi connectivity index (χ1) is 22.8. The van der Waals surface area contributed by atoms with E-state index in [1.54, 1.807) is 19.1 Å². The van der Waals surface area contributed by atoms with Crippen LogP contribution >= 0.6 is 34.2 Å². The van der Waals surface area contributed by atoms with E-state index in [1.807, 2.05) is 28.7 Å². The van der Waals surface area contributed by atoms with Gasteiger partial charge in [-0.1, -0.05) is 29.3 Å². The molecule has 11 nitrogen and oxygen atoms in total. The van der Waals surface area contributed by atoms with Crippen LogP contribution in [0.15, 0.2) is 66.2 Å². The number of fused-ring (bicyclic) bond motifs is 4. The first-order valence-corrected chi connectivity index (χ1v) is 16.5. The number of carbonyl (C=O) groups is 4. The first-order valence-electron chi connectivity index (χ1n) is 15.0. The Balaban J connectivity index is 1.38. The minimum absolute atomic E-state index is 0.0596. The molecule has 2 aliphatic carbocycles. The minimum Gasteiger partial charge on any atom is -0.504 e. The van der Waals surface area contributed by atoms with Crippen molar-refractivity contribution in [1.82, 2.24) is 0 Å². The Kier molecular flexibility index (Phi) is 7.62. The number of anilines is 2. The summed E-state index contributed by atoms with van der Waals surface area (Å²) in [5, 5.41) is 21.9. The highest BCUT2D eigenvalue weighted by molar-refractivity contribution is 14.1. The Labute approximate surface area is 291 Å². The van der Waals surface area contributed by atoms with Crippen molar-refractivity contribution in [1.29, 1.82) is 0 Å². The molecule has 14 heteroatoms. The van der Waals surface area contributed by atoms with Gasteiger partial charge >= 0.3 is 0 Å². The zero-order chi connectivity index (χ0) is 34.4. The van der Waals surface area contributed by atoms with E-state index in [0.29, 0.717) is 14.7 Å². The van der Waals surface area contributed by atoms with E-state index >= 15 is 0 Å². The van der Waals surface area contributed by atoms with Crippen molar-refractivity contribution in [3.63, 3.8) is 0 Å². The Bertz CT molecular complexity index is 2020. The molecule has 2 heterocycles. The highest BCUT2D eigenvalue weighted by Crippen LogP contribution is 2.64. The van der Waals surface area contributed by atoms with Crippen LogP contribution in [-0.4, -0.2) is 40.8 Å². The van der Waals surface area contributed by atoms with Gasteiger partial charge in [0.2, 0.25) is 23.6 Å². The second-order valence-electron chi connectivity index (χ2n) is 12.6. The van der Waals surface area contributed by atoms with Crippen molar-refractivity contribution in [3.05, 3.63) is 96.3 Å². The van der Waals surface area contributed by atoms with Crippen LogP contribution < -0.4 is 14.5 Å². The number of rotatable bonds is 5. The van der Waals surface area contributed by atoms with Gasteiger partial charge in [0.15, 0.2) is 11.5 Å². The molecule has 0 radical (unpaired) electrons. The number of nitro groups is 1. The summed E-state index contributed by atoms with van der Waals surface area (Å²) < 4.78 is 20.0. The fourth-order valence-electron chi connectivity index (χ4n) is 8.18. The number of halogens is 3. The summed E-state index contributed by atoms with van der Waals surface area (Å²) in [6.45, 7) is 1.69. The molecule has 3 fully saturated rings. The largest absolute Gasteiger partial charge is 0.504 e. The van der Waals surface area contributed by atoms with E-state index in [2.05, 4.69) is 0 Å². The smallest absolute Gasteiger partial charge is 0.271 e. The van der Waals surface area contributed by atoms with Crippen LogP contribution in [0.25, 0.3) is 0 Å². The van der Waals surface area contributed by atoms with Gasteiger partial charge in [-0.2, -0.15) is 0 Å². The quantitative estimate of drug-likeness (QED) is 0.107. The van der Waals surface area contributed by atoms with Crippen molar-refractivity contribution in [2.75, 3.05) is 16.9 Å². The number of carbonyl (C=O) groups excluding carboxylic acids is 4. The fourth-order valence-corrected chi connectivity index (χ4v) is 8.98. The van der Waals surface area contributed by atoms with Crippen LogP contribution in [0.5, 0.6) is 11.5 Å². The van der Waals surface area contributed by atoms with Gasteiger partial charge in [0.1, 0.15) is 5.82 Å². The molecule has 3 aromatic carbocycles. The average Bonchev–Trinajstić information content (AvgIpc) is 3.43. The molecular formula is C34H26ClFIN3O8. The first kappa shape index (κ1) is 32.2. The zero-order valence-corrected chi connectivity index (χ0v) is 28.3. The summed E-state index contributed by atoms with van der Waals surface area (Å²) in [4.78, 5) is 69.8. The van der Waals surface area contributed by atoms with E-state index in [1.165, 1.54) is 43.5 Å². The van der Waals surface area contributed by atoms with Crippen LogP contribution in [0, 0.1) is 48.6 Å². The number of nitrogens with zero attached hydrogens (tertiary/aromatic N) is 3. The van der Waals surface area contributed by atoms with Crippen molar-refractivity contribution < 1.29 is 38.3 Å². The van der Waals surface area contributed by atoms with E-state index in [0.717, 1.165) is 15.9 Å². The van der Waals surface area contributed by atoms with Crippen LogP contribution in [0.1, 0.15) is 31.2 Å². The number of amides is 4. The second kappa shape index (κ2) is 11.4. The van der Waals surface area contributed by atoms with Crippen LogP contribution in [0.4, 0.5) is 21.5 Å². The fraction of sp³-hybridized carbons (Fsp3) is 0.294. The Morgan fingerprint density at radius 1 is 1.02 bits per heavy atom. The van der Waals surface area contributed by atoms with E-state index in [9.17, 15) is 38.8 Å². The molecule has 48 heavy (non-hydrogen) atoms. The lowest BCUT2D eigenvalue weighted by Crippen LogP contribution is -2.48. The topological polar surface area (TPSA) is 147 Å². The van der Waals surface area contributed by atoms with E-state index < -0.39 is 69.4 Å². The summed E-state index contributed by atoms with van der Waals surface area (Å²) >= 11 is 8.01. The summed E-state index contributed by atoms with van der Waals surface area (Å²) in [5.41, 5.74) is -0.241. The predicted molar refractivity (Wildman–Crippen MR) is 179 cm³/mol. The molecular weight excluding hydrogens is 760 g/mol. The monoisotopic (exact) mass is 785 g/mol. The molecule has 0 spiro atoms. The number of imide groups is 2. The van der Waals surface area contributed by atoms with Gasteiger partial charge in [-0.25, -0.2) is 14.2 Å². The molecule has 3 aromatic rings. The number of hydrogen-bond acceptors (Lipinski definition) is 8. The second-order valence-corrected chi connectivity index (χ2v) is 14.2. The zero-order valence-electron chi connectivity index (χ0n) is 25.4. The summed E-state index contributed by atoms with van der Waals surface area (Å²) in [6.07, 6.45) is 2.08. The number of ether oxygens (including phenoxy) is 1. The summed E-state index contributed by atoms with van der Waals surface area (Å²) in [7, 11) is 1.39. The van der Waals surface area contributed by atoms with Gasteiger partial charge in [0.25, 0.3) is 5.69 Å². The van der Waals surface area contributed by atoms with Crippen molar-refractivity contribution in [3.8, 4) is 11.5 Å². The maximum atomic E-state index is 14.6. The lowest BCUT2D eigenvalue weighted by molar-refractivity contribution is -0.384. The van der Waals surface area contributed by atoms with E-state index in [4.69, 9.17) is 16.3 Å². The molecule has 7 rings (SSSR count). The molecule has 6 atom stereocenters. The minimum atomic E-state index is -1.40. The maximum absolute atomic E-state index is 14.6. The molecule has 0 aromatic heterocycles. The number of benzene rings is 3. The van der Waals surface area contributed by atoms with Crippen LogP contribution in [0.2, 0.25) is 5.02 Å². The third kappa shape index (κ3) is 4.50. The predicted octanol–water partition coefficient (Wildman–Crippen LogP) is 6.14. The lowest BCUT2D eigenvalue weighted by Gasteiger charge is -2.49. The third-order valence-corrected chi connectivity index (χ3v) is 11.5. The number of aromatic hydroxyl groups is 1. The Morgan fingerprint density at radius 2 is 1.75 bits per heavy atom. The highest BCUT2D eigenvalue weighted by Gasteiger charge is 2.67. The van der Waals surface area contributed by atoms with Crippen LogP contribution in [0.3, 0.4) is 0 Å². The Morgan fingerprint density at radius 3 is 2.44 bits per heavy atom. The number of phenolic OH excluding ortho intramolecular Hbond substituents is 1. The van der Waals surface area contributed by atoms with Gasteiger partial charge in [-0.05, 0) is 90.2 Å². The number of phenols is 1. The molecule has 4 amide bonds. The molecule has 1 saturated carbocycles.